The van der Waals surface area contributed by atoms with Gasteiger partial charge in [-0.2, -0.15) is 0 Å². The van der Waals surface area contributed by atoms with Crippen LogP contribution in [-0.2, 0) is 13.0 Å². The molecule has 5 rings (SSSR count). The number of aromatic nitrogens is 2. The zero-order valence-corrected chi connectivity index (χ0v) is 23.5. The van der Waals surface area contributed by atoms with Gasteiger partial charge in [-0.05, 0) is 72.1 Å². The Morgan fingerprint density at radius 3 is 2.69 bits per heavy atom. The number of carbonyl (C=O) groups is 1. The highest BCUT2D eigenvalue weighted by atomic mass is 79.9. The van der Waals surface area contributed by atoms with Crippen molar-refractivity contribution in [1.29, 1.82) is 0 Å². The summed E-state index contributed by atoms with van der Waals surface area (Å²) in [5.41, 5.74) is 2.39. The van der Waals surface area contributed by atoms with Gasteiger partial charge in [-0.25, -0.2) is 4.98 Å². The van der Waals surface area contributed by atoms with Crippen molar-refractivity contribution in [2.75, 3.05) is 19.4 Å². The molecule has 0 atom stereocenters. The number of thioether (sulfide) groups is 1. The van der Waals surface area contributed by atoms with E-state index in [1.807, 2.05) is 30.3 Å². The molecule has 6 nitrogen and oxygen atoms in total. The van der Waals surface area contributed by atoms with E-state index in [1.165, 1.54) is 16.6 Å². The third kappa shape index (κ3) is 4.77. The molecule has 0 aliphatic carbocycles. The highest BCUT2D eigenvalue weighted by Crippen LogP contribution is 2.35. The van der Waals surface area contributed by atoms with Crippen molar-refractivity contribution in [2.24, 2.45) is 0 Å². The SMILES string of the molecule is COc1ccc(C(=O)CSc2nc3sc4c(c3c(=O)n2-c2ccccc2)CCN(C(C)C)C4)cc1Br. The number of Topliss-reactive ketones (excluding diaryl/α,β-unsaturated/α-hetero) is 1. The zero-order valence-electron chi connectivity index (χ0n) is 20.3. The number of fused-ring (bicyclic) bond motifs is 3. The first-order valence-corrected chi connectivity index (χ1v) is 14.3. The number of ether oxygens (including phenoxy) is 1. The number of carbonyl (C=O) groups excluding carboxylic acids is 1. The van der Waals surface area contributed by atoms with E-state index in [0.717, 1.165) is 45.5 Å². The third-order valence-corrected chi connectivity index (χ3v) is 9.09. The van der Waals surface area contributed by atoms with Gasteiger partial charge in [-0.1, -0.05) is 30.0 Å². The Morgan fingerprint density at radius 2 is 2.00 bits per heavy atom. The topological polar surface area (TPSA) is 64.4 Å². The number of methoxy groups -OCH3 is 1. The summed E-state index contributed by atoms with van der Waals surface area (Å²) < 4.78 is 7.65. The second-order valence-electron chi connectivity index (χ2n) is 8.93. The Hall–Kier alpha value is -2.46. The van der Waals surface area contributed by atoms with Crippen molar-refractivity contribution in [2.45, 2.75) is 38.0 Å². The van der Waals surface area contributed by atoms with Gasteiger partial charge in [-0.15, -0.1) is 11.3 Å². The molecule has 1 aliphatic heterocycles. The maximum absolute atomic E-state index is 13.9. The number of nitrogens with zero attached hydrogens (tertiary/aromatic N) is 3. The molecule has 4 aromatic rings. The fourth-order valence-electron chi connectivity index (χ4n) is 4.44. The predicted octanol–water partition coefficient (Wildman–Crippen LogP) is 5.96. The lowest BCUT2D eigenvalue weighted by Gasteiger charge is -2.30. The van der Waals surface area contributed by atoms with E-state index in [0.29, 0.717) is 22.5 Å². The van der Waals surface area contributed by atoms with Crippen LogP contribution in [0.5, 0.6) is 5.75 Å². The molecule has 186 valence electrons. The van der Waals surface area contributed by atoms with Crippen molar-refractivity contribution in [3.05, 3.63) is 79.4 Å². The summed E-state index contributed by atoms with van der Waals surface area (Å²) >= 11 is 6.35. The van der Waals surface area contributed by atoms with Crippen molar-refractivity contribution in [1.82, 2.24) is 14.5 Å². The van der Waals surface area contributed by atoms with Crippen molar-refractivity contribution in [3.63, 3.8) is 0 Å². The van der Waals surface area contributed by atoms with Crippen LogP contribution in [0.25, 0.3) is 15.9 Å². The monoisotopic (exact) mass is 583 g/mol. The van der Waals surface area contributed by atoms with Crippen molar-refractivity contribution >= 4 is 55.0 Å². The third-order valence-electron chi connectivity index (χ3n) is 6.42. The number of benzene rings is 2. The Balaban J connectivity index is 1.54. The molecule has 36 heavy (non-hydrogen) atoms. The van der Waals surface area contributed by atoms with Crippen LogP contribution in [0.3, 0.4) is 0 Å². The maximum Gasteiger partial charge on any atom is 0.267 e. The van der Waals surface area contributed by atoms with E-state index in [4.69, 9.17) is 9.72 Å². The summed E-state index contributed by atoms with van der Waals surface area (Å²) in [5.74, 6) is 0.785. The highest BCUT2D eigenvalue weighted by Gasteiger charge is 2.27. The summed E-state index contributed by atoms with van der Waals surface area (Å²) in [6.07, 6.45) is 0.844. The van der Waals surface area contributed by atoms with Crippen molar-refractivity contribution < 1.29 is 9.53 Å². The van der Waals surface area contributed by atoms with E-state index in [-0.39, 0.29) is 17.1 Å². The molecule has 2 aromatic heterocycles. The Kier molecular flexibility index (Phi) is 7.35. The second kappa shape index (κ2) is 10.5. The van der Waals surface area contributed by atoms with E-state index < -0.39 is 0 Å². The smallest absolute Gasteiger partial charge is 0.267 e. The molecule has 1 aliphatic rings. The molecule has 0 bridgehead atoms. The highest BCUT2D eigenvalue weighted by molar-refractivity contribution is 9.10. The molecule has 0 radical (unpaired) electrons. The summed E-state index contributed by atoms with van der Waals surface area (Å²) in [6, 6.07) is 15.3. The summed E-state index contributed by atoms with van der Waals surface area (Å²) in [7, 11) is 1.59. The number of rotatable bonds is 7. The zero-order chi connectivity index (χ0) is 25.4. The minimum Gasteiger partial charge on any atom is -0.496 e. The number of hydrogen-bond acceptors (Lipinski definition) is 7. The van der Waals surface area contributed by atoms with E-state index in [2.05, 4.69) is 34.7 Å². The average molecular weight is 585 g/mol. The first-order chi connectivity index (χ1) is 17.4. The molecule has 0 unspecified atom stereocenters. The van der Waals surface area contributed by atoms with E-state index in [1.54, 1.807) is 41.2 Å². The molecule has 0 spiro atoms. The van der Waals surface area contributed by atoms with E-state index in [9.17, 15) is 9.59 Å². The van der Waals surface area contributed by atoms with E-state index >= 15 is 0 Å². The molecular weight excluding hydrogens is 558 g/mol. The first kappa shape index (κ1) is 25.2. The molecule has 0 saturated carbocycles. The quantitative estimate of drug-likeness (QED) is 0.152. The van der Waals surface area contributed by atoms with Crippen molar-refractivity contribution in [3.8, 4) is 11.4 Å². The van der Waals surface area contributed by atoms with Crippen LogP contribution < -0.4 is 10.3 Å². The Labute approximate surface area is 226 Å². The lowest BCUT2D eigenvalue weighted by Crippen LogP contribution is -2.35. The van der Waals surface area contributed by atoms with Gasteiger partial charge in [0.25, 0.3) is 5.56 Å². The minimum atomic E-state index is -0.0659. The fourth-order valence-corrected chi connectivity index (χ4v) is 7.17. The number of thiophene rings is 1. The number of halogens is 1. The van der Waals surface area contributed by atoms with Gasteiger partial charge in [0, 0.05) is 29.6 Å². The summed E-state index contributed by atoms with van der Waals surface area (Å²) in [6.45, 7) is 6.17. The van der Waals surface area contributed by atoms with Gasteiger partial charge < -0.3 is 4.74 Å². The van der Waals surface area contributed by atoms with Gasteiger partial charge in [0.1, 0.15) is 10.6 Å². The van der Waals surface area contributed by atoms with Crippen LogP contribution in [0.4, 0.5) is 0 Å². The lowest BCUT2D eigenvalue weighted by atomic mass is 10.0. The molecule has 0 fully saturated rings. The number of hydrogen-bond donors (Lipinski definition) is 0. The molecule has 0 amide bonds. The molecule has 0 saturated heterocycles. The lowest BCUT2D eigenvalue weighted by molar-refractivity contribution is 0.102. The average Bonchev–Trinajstić information content (AvgIpc) is 3.25. The van der Waals surface area contributed by atoms with Crippen LogP contribution in [0.2, 0.25) is 0 Å². The largest absolute Gasteiger partial charge is 0.496 e. The number of para-hydroxylation sites is 1. The van der Waals surface area contributed by atoms with Gasteiger partial charge in [0.2, 0.25) is 0 Å². The van der Waals surface area contributed by atoms with Crippen LogP contribution in [-0.4, -0.2) is 45.7 Å². The Morgan fingerprint density at radius 1 is 1.22 bits per heavy atom. The fraction of sp³-hybridized carbons (Fsp3) is 0.296. The van der Waals surface area contributed by atoms with Gasteiger partial charge in [0.15, 0.2) is 10.9 Å². The van der Waals surface area contributed by atoms with Crippen LogP contribution in [0.1, 0.15) is 34.6 Å². The predicted molar refractivity (Wildman–Crippen MR) is 150 cm³/mol. The van der Waals surface area contributed by atoms with Crippen LogP contribution >= 0.6 is 39.0 Å². The van der Waals surface area contributed by atoms with Gasteiger partial charge in [0.05, 0.1) is 28.4 Å². The molecular formula is C27H26BrN3O3S2. The van der Waals surface area contributed by atoms with Crippen LogP contribution in [0, 0.1) is 0 Å². The summed E-state index contributed by atoms with van der Waals surface area (Å²) in [5, 5.41) is 1.25. The Bertz CT molecular complexity index is 1500. The summed E-state index contributed by atoms with van der Waals surface area (Å²) in [4.78, 5) is 36.3. The minimum absolute atomic E-state index is 0.0460. The van der Waals surface area contributed by atoms with Gasteiger partial charge in [-0.3, -0.25) is 19.1 Å². The van der Waals surface area contributed by atoms with Crippen LogP contribution in [0.15, 0.2) is 63.0 Å². The maximum atomic E-state index is 13.9. The molecule has 0 N–H and O–H groups in total. The normalized spacial score (nSPS) is 13.8. The second-order valence-corrected chi connectivity index (χ2v) is 11.8. The molecule has 3 heterocycles. The standard InChI is InChI=1S/C27H26BrN3O3S2/c1-16(2)30-12-11-19-23(14-30)36-25-24(19)26(33)31(18-7-5-4-6-8-18)27(29-25)35-15-21(32)17-9-10-22(34-3)20(28)13-17/h4-10,13,16H,11-12,14-15H2,1-3H3. The first-order valence-electron chi connectivity index (χ1n) is 11.7. The molecule has 9 heteroatoms. The number of ketones is 1. The van der Waals surface area contributed by atoms with Gasteiger partial charge >= 0.3 is 0 Å². The molecule has 2 aromatic carbocycles.